The second-order valence-electron chi connectivity index (χ2n) is 10.4. The lowest BCUT2D eigenvalue weighted by Crippen LogP contribution is -3.00. The zero-order chi connectivity index (χ0) is 23.9. The van der Waals surface area contributed by atoms with Crippen LogP contribution < -0.4 is 26.5 Å². The van der Waals surface area contributed by atoms with E-state index in [0.29, 0.717) is 11.8 Å². The molecule has 34 heavy (non-hydrogen) atoms. The van der Waals surface area contributed by atoms with Crippen molar-refractivity contribution >= 4 is 15.9 Å². The van der Waals surface area contributed by atoms with E-state index in [0.717, 1.165) is 92.3 Å². The molecule has 2 unspecified atom stereocenters. The zero-order valence-corrected chi connectivity index (χ0v) is 24.5. The summed E-state index contributed by atoms with van der Waals surface area (Å²) in [5.41, 5.74) is 0.652. The average Bonchev–Trinajstić information content (AvgIpc) is 2.80. The molecule has 1 aromatic rings. The van der Waals surface area contributed by atoms with E-state index in [-0.39, 0.29) is 17.0 Å². The molecule has 0 aromatic heterocycles. The molecule has 1 saturated carbocycles. The van der Waals surface area contributed by atoms with Crippen LogP contribution in [0.5, 0.6) is 11.5 Å². The molecule has 1 aliphatic heterocycles. The van der Waals surface area contributed by atoms with E-state index in [2.05, 4.69) is 22.0 Å². The molecule has 1 aliphatic carbocycles. The van der Waals surface area contributed by atoms with Gasteiger partial charge in [0.15, 0.2) is 11.5 Å². The summed E-state index contributed by atoms with van der Waals surface area (Å²) >= 11 is 3.73. The van der Waals surface area contributed by atoms with E-state index in [4.69, 9.17) is 18.9 Å². The van der Waals surface area contributed by atoms with Gasteiger partial charge in [-0.1, -0.05) is 28.8 Å². The van der Waals surface area contributed by atoms with E-state index in [1.807, 2.05) is 19.9 Å². The predicted octanol–water partition coefficient (Wildman–Crippen LogP) is 1.80. The highest BCUT2D eigenvalue weighted by molar-refractivity contribution is 9.10. The molecule has 8 heteroatoms. The Morgan fingerprint density at radius 3 is 2.41 bits per heavy atom. The number of morpholine rings is 1. The molecule has 2 atom stereocenters. The standard InChI is InChI=1S/C26H43BrNO5.BrH/c1-26(2,29)22-7-5-6-20(16-22)8-12-32-13-9-28(10-14-33-15-11-28)19-21-17-24(30-3)25(31-4)18-23(21)27;/h17-18,20,22,29H,5-16,19H2,1-4H3;1H/q+1;/p-1. The number of halogens is 2. The summed E-state index contributed by atoms with van der Waals surface area (Å²) in [6, 6.07) is 4.08. The van der Waals surface area contributed by atoms with Crippen molar-refractivity contribution in [1.29, 1.82) is 0 Å². The van der Waals surface area contributed by atoms with Gasteiger partial charge in [-0.25, -0.2) is 0 Å². The number of methoxy groups -OCH3 is 2. The fraction of sp³-hybridized carbons (Fsp3) is 0.769. The molecule has 2 aliphatic rings. The van der Waals surface area contributed by atoms with Crippen molar-refractivity contribution in [3.05, 3.63) is 22.2 Å². The van der Waals surface area contributed by atoms with Crippen LogP contribution in [0.15, 0.2) is 16.6 Å². The normalized spacial score (nSPS) is 22.6. The fourth-order valence-electron chi connectivity index (χ4n) is 5.37. The van der Waals surface area contributed by atoms with E-state index in [1.54, 1.807) is 14.2 Å². The smallest absolute Gasteiger partial charge is 0.161 e. The first-order valence-electron chi connectivity index (χ1n) is 12.4. The molecular weight excluding hydrogens is 566 g/mol. The summed E-state index contributed by atoms with van der Waals surface area (Å²) in [7, 11) is 3.34. The number of aliphatic hydroxyl groups is 1. The third kappa shape index (κ3) is 8.34. The predicted molar refractivity (Wildman–Crippen MR) is 134 cm³/mol. The van der Waals surface area contributed by atoms with Gasteiger partial charge >= 0.3 is 0 Å². The molecule has 3 rings (SSSR count). The highest BCUT2D eigenvalue weighted by Gasteiger charge is 2.33. The Morgan fingerprint density at radius 2 is 1.76 bits per heavy atom. The minimum atomic E-state index is -0.565. The summed E-state index contributed by atoms with van der Waals surface area (Å²) in [5, 5.41) is 10.4. The first kappa shape index (κ1) is 29.8. The maximum atomic E-state index is 10.4. The highest BCUT2D eigenvalue weighted by atomic mass is 79.9. The molecule has 1 heterocycles. The largest absolute Gasteiger partial charge is 1.00 e. The summed E-state index contributed by atoms with van der Waals surface area (Å²) in [4.78, 5) is 0. The van der Waals surface area contributed by atoms with Crippen molar-refractivity contribution in [2.45, 2.75) is 58.1 Å². The van der Waals surface area contributed by atoms with Crippen LogP contribution in [-0.4, -0.2) is 75.5 Å². The Kier molecular flexibility index (Phi) is 12.1. The number of nitrogens with zero attached hydrogens (tertiary/aromatic N) is 1. The Hall–Kier alpha value is -0.380. The van der Waals surface area contributed by atoms with Crippen LogP contribution in [0.1, 0.15) is 51.5 Å². The number of benzene rings is 1. The van der Waals surface area contributed by atoms with Crippen LogP contribution in [0, 0.1) is 11.8 Å². The fourth-order valence-corrected chi connectivity index (χ4v) is 5.82. The number of rotatable bonds is 11. The molecule has 196 valence electrons. The van der Waals surface area contributed by atoms with E-state index in [1.165, 1.54) is 18.4 Å². The van der Waals surface area contributed by atoms with Crippen LogP contribution >= 0.6 is 15.9 Å². The Balaban J connectivity index is 0.00000408. The Labute approximate surface area is 224 Å². The topological polar surface area (TPSA) is 57.2 Å². The van der Waals surface area contributed by atoms with Crippen molar-refractivity contribution in [3.8, 4) is 11.5 Å². The van der Waals surface area contributed by atoms with Crippen LogP contribution in [0.3, 0.4) is 0 Å². The van der Waals surface area contributed by atoms with Gasteiger partial charge in [0.2, 0.25) is 0 Å². The molecule has 0 bridgehead atoms. The lowest BCUT2D eigenvalue weighted by Gasteiger charge is -2.41. The molecule has 1 aromatic carbocycles. The van der Waals surface area contributed by atoms with Gasteiger partial charge in [-0.05, 0) is 57.1 Å². The number of hydrogen-bond donors (Lipinski definition) is 1. The maximum Gasteiger partial charge on any atom is 0.161 e. The van der Waals surface area contributed by atoms with Crippen molar-refractivity contribution in [1.82, 2.24) is 0 Å². The monoisotopic (exact) mass is 607 g/mol. The molecule has 6 nitrogen and oxygen atoms in total. The van der Waals surface area contributed by atoms with Crippen LogP contribution in [0.2, 0.25) is 0 Å². The lowest BCUT2D eigenvalue weighted by molar-refractivity contribution is -0.947. The third-order valence-corrected chi connectivity index (χ3v) is 8.38. The second-order valence-corrected chi connectivity index (χ2v) is 11.2. The maximum absolute atomic E-state index is 10.4. The number of ether oxygens (including phenoxy) is 4. The SMILES string of the molecule is COc1cc(Br)c(C[N+]2(CCOCCC3CCCC(C(C)(C)O)C3)CCOCC2)cc1OC.[Br-]. The Bertz CT molecular complexity index is 749. The minimum Gasteiger partial charge on any atom is -1.00 e. The van der Waals surface area contributed by atoms with Crippen molar-refractivity contribution in [3.63, 3.8) is 0 Å². The van der Waals surface area contributed by atoms with Crippen molar-refractivity contribution in [2.75, 3.05) is 60.3 Å². The van der Waals surface area contributed by atoms with Crippen LogP contribution in [0.4, 0.5) is 0 Å². The van der Waals surface area contributed by atoms with Gasteiger partial charge in [-0.3, -0.25) is 0 Å². The summed E-state index contributed by atoms with van der Waals surface area (Å²) in [5.74, 6) is 2.58. The highest BCUT2D eigenvalue weighted by Crippen LogP contribution is 2.37. The molecule has 0 amide bonds. The number of hydrogen-bond acceptors (Lipinski definition) is 5. The lowest BCUT2D eigenvalue weighted by atomic mass is 9.73. The van der Waals surface area contributed by atoms with Gasteiger partial charge in [0, 0.05) is 16.6 Å². The first-order valence-corrected chi connectivity index (χ1v) is 13.2. The van der Waals surface area contributed by atoms with Crippen LogP contribution in [-0.2, 0) is 16.0 Å². The molecular formula is C26H43Br2NO5. The van der Waals surface area contributed by atoms with Gasteiger partial charge in [0.25, 0.3) is 0 Å². The summed E-state index contributed by atoms with van der Waals surface area (Å²) in [6.45, 7) is 10.9. The van der Waals surface area contributed by atoms with Gasteiger partial charge in [-0.15, -0.1) is 0 Å². The summed E-state index contributed by atoms with van der Waals surface area (Å²) < 4.78 is 24.8. The van der Waals surface area contributed by atoms with E-state index in [9.17, 15) is 5.11 Å². The van der Waals surface area contributed by atoms with Crippen molar-refractivity contribution < 1.29 is 45.5 Å². The molecule has 0 radical (unpaired) electrons. The van der Waals surface area contributed by atoms with Gasteiger partial charge in [0.05, 0.1) is 39.6 Å². The summed E-state index contributed by atoms with van der Waals surface area (Å²) in [6.07, 6.45) is 5.85. The average molecular weight is 609 g/mol. The number of quaternary nitrogens is 1. The van der Waals surface area contributed by atoms with E-state index < -0.39 is 5.60 Å². The quantitative estimate of drug-likeness (QED) is 0.307. The Morgan fingerprint density at radius 1 is 1.09 bits per heavy atom. The first-order chi connectivity index (χ1) is 15.8. The molecule has 1 saturated heterocycles. The van der Waals surface area contributed by atoms with Gasteiger partial charge in [0.1, 0.15) is 26.2 Å². The van der Waals surface area contributed by atoms with Gasteiger partial charge in [-0.2, -0.15) is 0 Å². The third-order valence-electron chi connectivity index (χ3n) is 7.64. The molecule has 2 fully saturated rings. The van der Waals surface area contributed by atoms with Crippen molar-refractivity contribution in [2.24, 2.45) is 11.8 Å². The minimum absolute atomic E-state index is 0. The zero-order valence-electron chi connectivity index (χ0n) is 21.3. The van der Waals surface area contributed by atoms with E-state index >= 15 is 0 Å². The van der Waals surface area contributed by atoms with Gasteiger partial charge < -0.3 is 45.5 Å². The second kappa shape index (κ2) is 13.8. The molecule has 1 N–H and O–H groups in total. The van der Waals surface area contributed by atoms with Crippen LogP contribution in [0.25, 0.3) is 0 Å². The molecule has 0 spiro atoms.